The summed E-state index contributed by atoms with van der Waals surface area (Å²) in [5, 5.41) is 10.0. The molecule has 1 saturated carbocycles. The summed E-state index contributed by atoms with van der Waals surface area (Å²) in [6.45, 7) is 0.477. The van der Waals surface area contributed by atoms with Gasteiger partial charge in [-0.25, -0.2) is 0 Å². The SMILES string of the molecule is NCc1cc(OC2CCCCCC2O)ccc1Br. The number of aliphatic hydroxyl groups is 1. The molecule has 1 aliphatic rings. The minimum atomic E-state index is -0.350. The van der Waals surface area contributed by atoms with E-state index in [2.05, 4.69) is 15.9 Å². The maximum absolute atomic E-state index is 10.0. The van der Waals surface area contributed by atoms with Gasteiger partial charge in [0.05, 0.1) is 6.10 Å². The van der Waals surface area contributed by atoms with Gasteiger partial charge in [-0.1, -0.05) is 28.8 Å². The minimum absolute atomic E-state index is 0.0840. The van der Waals surface area contributed by atoms with Crippen molar-refractivity contribution in [1.82, 2.24) is 0 Å². The van der Waals surface area contributed by atoms with Crippen LogP contribution < -0.4 is 10.5 Å². The highest BCUT2D eigenvalue weighted by Gasteiger charge is 2.23. The monoisotopic (exact) mass is 313 g/mol. The number of nitrogens with two attached hydrogens (primary N) is 1. The number of halogens is 1. The van der Waals surface area contributed by atoms with Crippen molar-refractivity contribution in [2.45, 2.75) is 50.9 Å². The third kappa shape index (κ3) is 3.46. The molecule has 0 aromatic heterocycles. The van der Waals surface area contributed by atoms with Crippen LogP contribution in [0, 0.1) is 0 Å². The topological polar surface area (TPSA) is 55.5 Å². The average Bonchev–Trinajstić information content (AvgIpc) is 2.57. The summed E-state index contributed by atoms with van der Waals surface area (Å²) in [7, 11) is 0. The zero-order valence-corrected chi connectivity index (χ0v) is 12.0. The van der Waals surface area contributed by atoms with E-state index in [1.54, 1.807) is 0 Å². The average molecular weight is 314 g/mol. The second-order valence-electron chi connectivity index (χ2n) is 4.82. The maximum atomic E-state index is 10.0. The van der Waals surface area contributed by atoms with E-state index in [0.29, 0.717) is 6.54 Å². The molecule has 0 bridgehead atoms. The van der Waals surface area contributed by atoms with Gasteiger partial charge in [0.2, 0.25) is 0 Å². The van der Waals surface area contributed by atoms with Crippen LogP contribution in [-0.4, -0.2) is 17.3 Å². The van der Waals surface area contributed by atoms with Crippen LogP contribution in [0.2, 0.25) is 0 Å². The first kappa shape index (κ1) is 13.8. The quantitative estimate of drug-likeness (QED) is 0.843. The van der Waals surface area contributed by atoms with E-state index >= 15 is 0 Å². The fraction of sp³-hybridized carbons (Fsp3) is 0.571. The number of hydrogen-bond donors (Lipinski definition) is 2. The molecule has 1 aromatic carbocycles. The van der Waals surface area contributed by atoms with Gasteiger partial charge < -0.3 is 15.6 Å². The summed E-state index contributed by atoms with van der Waals surface area (Å²) in [5.41, 5.74) is 6.69. The Hall–Kier alpha value is -0.580. The van der Waals surface area contributed by atoms with Crippen molar-refractivity contribution in [1.29, 1.82) is 0 Å². The largest absolute Gasteiger partial charge is 0.488 e. The van der Waals surface area contributed by atoms with Gasteiger partial charge in [0, 0.05) is 11.0 Å². The molecule has 100 valence electrons. The molecule has 3 nitrogen and oxygen atoms in total. The third-order valence-electron chi connectivity index (χ3n) is 3.44. The van der Waals surface area contributed by atoms with Gasteiger partial charge in [-0.05, 0) is 43.0 Å². The van der Waals surface area contributed by atoms with Crippen LogP contribution in [0.4, 0.5) is 0 Å². The van der Waals surface area contributed by atoms with Gasteiger partial charge in [0.1, 0.15) is 11.9 Å². The number of ether oxygens (including phenoxy) is 1. The van der Waals surface area contributed by atoms with E-state index in [1.165, 1.54) is 6.42 Å². The Morgan fingerprint density at radius 3 is 2.83 bits per heavy atom. The van der Waals surface area contributed by atoms with Crippen LogP contribution in [0.25, 0.3) is 0 Å². The first-order chi connectivity index (χ1) is 8.70. The van der Waals surface area contributed by atoms with Gasteiger partial charge in [-0.3, -0.25) is 0 Å². The first-order valence-electron chi connectivity index (χ1n) is 6.54. The summed E-state index contributed by atoms with van der Waals surface area (Å²) >= 11 is 3.46. The zero-order valence-electron chi connectivity index (χ0n) is 10.4. The predicted molar refractivity (Wildman–Crippen MR) is 75.5 cm³/mol. The lowest BCUT2D eigenvalue weighted by molar-refractivity contribution is 0.0319. The molecule has 0 aliphatic heterocycles. The van der Waals surface area contributed by atoms with Crippen LogP contribution in [0.3, 0.4) is 0 Å². The Morgan fingerprint density at radius 2 is 2.06 bits per heavy atom. The Labute approximate surface area is 116 Å². The van der Waals surface area contributed by atoms with E-state index < -0.39 is 0 Å². The van der Waals surface area contributed by atoms with Crippen LogP contribution in [-0.2, 0) is 6.54 Å². The molecule has 2 rings (SSSR count). The minimum Gasteiger partial charge on any atom is -0.488 e. The van der Waals surface area contributed by atoms with E-state index in [0.717, 1.165) is 41.5 Å². The van der Waals surface area contributed by atoms with Crippen molar-refractivity contribution in [3.05, 3.63) is 28.2 Å². The van der Waals surface area contributed by atoms with Crippen LogP contribution in [0.1, 0.15) is 37.7 Å². The third-order valence-corrected chi connectivity index (χ3v) is 4.22. The molecular weight excluding hydrogens is 294 g/mol. The van der Waals surface area contributed by atoms with E-state index in [1.807, 2.05) is 18.2 Å². The molecule has 18 heavy (non-hydrogen) atoms. The molecule has 0 heterocycles. The zero-order chi connectivity index (χ0) is 13.0. The molecule has 1 fully saturated rings. The predicted octanol–water partition coefficient (Wildman–Crippen LogP) is 2.98. The number of rotatable bonds is 3. The molecule has 0 amide bonds. The standard InChI is InChI=1S/C14H20BrNO2/c15-12-7-6-11(8-10(12)9-16)18-14-5-3-1-2-4-13(14)17/h6-8,13-14,17H,1-5,9,16H2. The maximum Gasteiger partial charge on any atom is 0.124 e. The summed E-state index contributed by atoms with van der Waals surface area (Å²) in [6, 6.07) is 5.81. The molecule has 1 aromatic rings. The lowest BCUT2D eigenvalue weighted by Crippen LogP contribution is -2.30. The summed E-state index contributed by atoms with van der Waals surface area (Å²) < 4.78 is 6.92. The molecule has 0 saturated heterocycles. The normalized spacial score (nSPS) is 24.6. The Bertz CT molecular complexity index is 397. The van der Waals surface area contributed by atoms with Crippen molar-refractivity contribution in [3.63, 3.8) is 0 Å². The Balaban J connectivity index is 2.07. The molecule has 0 spiro atoms. The number of hydrogen-bond acceptors (Lipinski definition) is 3. The Kier molecular flexibility index (Phi) is 5.03. The molecule has 0 radical (unpaired) electrons. The van der Waals surface area contributed by atoms with E-state index in [9.17, 15) is 5.11 Å². The van der Waals surface area contributed by atoms with Crippen molar-refractivity contribution >= 4 is 15.9 Å². The van der Waals surface area contributed by atoms with Gasteiger partial charge in [0.15, 0.2) is 0 Å². The fourth-order valence-corrected chi connectivity index (χ4v) is 2.76. The van der Waals surface area contributed by atoms with Crippen LogP contribution in [0.5, 0.6) is 5.75 Å². The van der Waals surface area contributed by atoms with Gasteiger partial charge >= 0.3 is 0 Å². The first-order valence-corrected chi connectivity index (χ1v) is 7.33. The fourth-order valence-electron chi connectivity index (χ4n) is 2.35. The van der Waals surface area contributed by atoms with Gasteiger partial charge in [0.25, 0.3) is 0 Å². The lowest BCUT2D eigenvalue weighted by Gasteiger charge is -2.22. The van der Waals surface area contributed by atoms with E-state index in [4.69, 9.17) is 10.5 Å². The highest BCUT2D eigenvalue weighted by atomic mass is 79.9. The molecule has 4 heteroatoms. The lowest BCUT2D eigenvalue weighted by atomic mass is 10.1. The molecular formula is C14H20BrNO2. The summed E-state index contributed by atoms with van der Waals surface area (Å²) in [5.74, 6) is 0.796. The number of benzene rings is 1. The second-order valence-corrected chi connectivity index (χ2v) is 5.67. The molecule has 2 unspecified atom stereocenters. The highest BCUT2D eigenvalue weighted by Crippen LogP contribution is 2.26. The van der Waals surface area contributed by atoms with Crippen LogP contribution in [0.15, 0.2) is 22.7 Å². The second kappa shape index (κ2) is 6.55. The van der Waals surface area contributed by atoms with Gasteiger partial charge in [-0.15, -0.1) is 0 Å². The van der Waals surface area contributed by atoms with Crippen molar-refractivity contribution in [2.24, 2.45) is 5.73 Å². The number of aliphatic hydroxyl groups excluding tert-OH is 1. The highest BCUT2D eigenvalue weighted by molar-refractivity contribution is 9.10. The molecule has 2 atom stereocenters. The molecule has 1 aliphatic carbocycles. The Morgan fingerprint density at radius 1 is 1.28 bits per heavy atom. The molecule has 3 N–H and O–H groups in total. The smallest absolute Gasteiger partial charge is 0.124 e. The van der Waals surface area contributed by atoms with Crippen molar-refractivity contribution in [3.8, 4) is 5.75 Å². The van der Waals surface area contributed by atoms with E-state index in [-0.39, 0.29) is 12.2 Å². The van der Waals surface area contributed by atoms with Crippen molar-refractivity contribution in [2.75, 3.05) is 0 Å². The van der Waals surface area contributed by atoms with Crippen molar-refractivity contribution < 1.29 is 9.84 Å². The summed E-state index contributed by atoms with van der Waals surface area (Å²) in [4.78, 5) is 0. The van der Waals surface area contributed by atoms with Gasteiger partial charge in [-0.2, -0.15) is 0 Å². The van der Waals surface area contributed by atoms with Crippen LogP contribution >= 0.6 is 15.9 Å². The summed E-state index contributed by atoms with van der Waals surface area (Å²) in [6.07, 6.45) is 4.74.